The van der Waals surface area contributed by atoms with E-state index in [1.165, 1.54) is 18.2 Å². The van der Waals surface area contributed by atoms with E-state index in [9.17, 15) is 22.8 Å². The molecule has 1 aliphatic rings. The van der Waals surface area contributed by atoms with Gasteiger partial charge in [0.1, 0.15) is 0 Å². The van der Waals surface area contributed by atoms with Gasteiger partial charge in [-0.2, -0.15) is 13.2 Å². The Bertz CT molecular complexity index is 568. The third kappa shape index (κ3) is 2.05. The molecule has 1 aromatic rings. The van der Waals surface area contributed by atoms with Crippen LogP contribution in [-0.2, 0) is 16.0 Å². The molecule has 1 atom stereocenters. The van der Waals surface area contributed by atoms with Crippen LogP contribution in [0, 0.1) is 0 Å². The molecule has 7 heteroatoms. The number of fused-ring (bicyclic) bond motifs is 1. The van der Waals surface area contributed by atoms with Gasteiger partial charge in [-0.05, 0) is 34.5 Å². The van der Waals surface area contributed by atoms with Crippen molar-refractivity contribution in [1.29, 1.82) is 0 Å². The Morgan fingerprint density at radius 2 is 2.05 bits per heavy atom. The summed E-state index contributed by atoms with van der Waals surface area (Å²) in [5, 5.41) is 0. The first kappa shape index (κ1) is 14.0. The Labute approximate surface area is 114 Å². The molecular weight excluding hydrogens is 329 g/mol. The first-order valence-electron chi connectivity index (χ1n) is 5.27. The number of hydrogen-bond donors (Lipinski definition) is 0. The van der Waals surface area contributed by atoms with Crippen molar-refractivity contribution in [1.82, 2.24) is 0 Å². The second-order valence-electron chi connectivity index (χ2n) is 4.22. The molecule has 0 N–H and O–H groups in total. The van der Waals surface area contributed by atoms with E-state index in [-0.39, 0.29) is 11.1 Å². The summed E-state index contributed by atoms with van der Waals surface area (Å²) in [4.78, 5) is 23.2. The zero-order valence-corrected chi connectivity index (χ0v) is 11.3. The lowest BCUT2D eigenvalue weighted by molar-refractivity contribution is -0.250. The van der Waals surface area contributed by atoms with Crippen molar-refractivity contribution in [3.63, 3.8) is 0 Å². The summed E-state index contributed by atoms with van der Waals surface area (Å²) in [5.41, 5.74) is -2.92. The summed E-state index contributed by atoms with van der Waals surface area (Å²) in [7, 11) is 0. The quantitative estimate of drug-likeness (QED) is 0.740. The van der Waals surface area contributed by atoms with E-state index < -0.39 is 30.0 Å². The van der Waals surface area contributed by atoms with Crippen molar-refractivity contribution in [3.8, 4) is 0 Å². The first-order valence-corrected chi connectivity index (χ1v) is 6.07. The third-order valence-electron chi connectivity index (χ3n) is 3.04. The SMILES string of the molecule is CC(=O)C1(C(F)(F)F)Cc2cccc(Br)c2C(=O)O1. The molecule has 0 saturated carbocycles. The molecule has 0 fully saturated rings. The molecule has 0 bridgehead atoms. The minimum Gasteiger partial charge on any atom is -0.437 e. The Morgan fingerprint density at radius 1 is 1.42 bits per heavy atom. The average Bonchev–Trinajstić information content (AvgIpc) is 2.26. The molecule has 1 aromatic carbocycles. The van der Waals surface area contributed by atoms with Crippen LogP contribution >= 0.6 is 15.9 Å². The summed E-state index contributed by atoms with van der Waals surface area (Å²) in [5.74, 6) is -2.39. The predicted molar refractivity (Wildman–Crippen MR) is 62.7 cm³/mol. The highest BCUT2D eigenvalue weighted by Crippen LogP contribution is 2.42. The molecule has 1 heterocycles. The molecule has 0 aromatic heterocycles. The van der Waals surface area contributed by atoms with Gasteiger partial charge in [0.05, 0.1) is 5.56 Å². The van der Waals surface area contributed by atoms with Gasteiger partial charge in [0.15, 0.2) is 5.78 Å². The Balaban J connectivity index is 2.62. The van der Waals surface area contributed by atoms with E-state index in [4.69, 9.17) is 0 Å². The summed E-state index contributed by atoms with van der Waals surface area (Å²) in [6.07, 6.45) is -5.65. The standard InChI is InChI=1S/C12H8BrF3O3/c1-6(17)11(12(14,15)16)5-7-3-2-4-8(13)9(7)10(18)19-11/h2-4H,5H2,1H3. The number of cyclic esters (lactones) is 1. The number of rotatable bonds is 1. The molecular formula is C12H8BrF3O3. The second-order valence-corrected chi connectivity index (χ2v) is 5.08. The number of carbonyl (C=O) groups excluding carboxylic acids is 2. The normalized spacial score (nSPS) is 22.7. The number of ketones is 1. The monoisotopic (exact) mass is 336 g/mol. The van der Waals surface area contributed by atoms with Crippen LogP contribution in [0.5, 0.6) is 0 Å². The van der Waals surface area contributed by atoms with Crippen LogP contribution in [0.4, 0.5) is 13.2 Å². The van der Waals surface area contributed by atoms with Crippen LogP contribution < -0.4 is 0 Å². The lowest BCUT2D eigenvalue weighted by Gasteiger charge is -2.36. The van der Waals surface area contributed by atoms with E-state index in [0.717, 1.165) is 6.92 Å². The molecule has 19 heavy (non-hydrogen) atoms. The molecule has 0 radical (unpaired) electrons. The van der Waals surface area contributed by atoms with Gasteiger partial charge < -0.3 is 4.74 Å². The fraction of sp³-hybridized carbons (Fsp3) is 0.333. The molecule has 3 nitrogen and oxygen atoms in total. The van der Waals surface area contributed by atoms with E-state index >= 15 is 0 Å². The molecule has 1 unspecified atom stereocenters. The molecule has 0 saturated heterocycles. The maximum absolute atomic E-state index is 13.1. The summed E-state index contributed by atoms with van der Waals surface area (Å²) < 4.78 is 44.1. The number of halogens is 4. The van der Waals surface area contributed by atoms with Crippen molar-refractivity contribution in [2.45, 2.75) is 25.1 Å². The summed E-state index contributed by atoms with van der Waals surface area (Å²) >= 11 is 3.08. The Hall–Kier alpha value is -1.37. The maximum Gasteiger partial charge on any atom is 0.436 e. The average molecular weight is 337 g/mol. The van der Waals surface area contributed by atoms with Crippen molar-refractivity contribution in [2.75, 3.05) is 0 Å². The zero-order chi connectivity index (χ0) is 14.4. The highest BCUT2D eigenvalue weighted by atomic mass is 79.9. The van der Waals surface area contributed by atoms with Gasteiger partial charge in [0, 0.05) is 10.9 Å². The molecule has 0 aliphatic carbocycles. The fourth-order valence-electron chi connectivity index (χ4n) is 2.01. The van der Waals surface area contributed by atoms with Crippen LogP contribution in [0.25, 0.3) is 0 Å². The van der Waals surface area contributed by atoms with Crippen molar-refractivity contribution < 1.29 is 27.5 Å². The van der Waals surface area contributed by atoms with Crippen molar-refractivity contribution in [3.05, 3.63) is 33.8 Å². The van der Waals surface area contributed by atoms with Crippen LogP contribution in [0.1, 0.15) is 22.8 Å². The smallest absolute Gasteiger partial charge is 0.436 e. The van der Waals surface area contributed by atoms with Gasteiger partial charge in [-0.15, -0.1) is 0 Å². The lowest BCUT2D eigenvalue weighted by Crippen LogP contribution is -2.58. The largest absolute Gasteiger partial charge is 0.437 e. The minimum atomic E-state index is -4.95. The first-order chi connectivity index (χ1) is 8.69. The molecule has 1 aliphatic heterocycles. The Kier molecular flexibility index (Phi) is 3.20. The number of esters is 1. The van der Waals surface area contributed by atoms with Crippen LogP contribution in [0.3, 0.4) is 0 Å². The third-order valence-corrected chi connectivity index (χ3v) is 3.70. The minimum absolute atomic E-state index is 0.0311. The van der Waals surface area contributed by atoms with Gasteiger partial charge in [-0.25, -0.2) is 4.79 Å². The number of carbonyl (C=O) groups is 2. The topological polar surface area (TPSA) is 43.4 Å². The highest BCUT2D eigenvalue weighted by molar-refractivity contribution is 9.10. The fourth-order valence-corrected chi connectivity index (χ4v) is 2.58. The van der Waals surface area contributed by atoms with E-state index in [0.29, 0.717) is 4.47 Å². The number of Topliss-reactive ketones (excluding diaryl/α,β-unsaturated/α-hetero) is 1. The van der Waals surface area contributed by atoms with Crippen LogP contribution in [0.2, 0.25) is 0 Å². The van der Waals surface area contributed by atoms with E-state index in [1.807, 2.05) is 0 Å². The lowest BCUT2D eigenvalue weighted by atomic mass is 9.85. The Morgan fingerprint density at radius 3 is 2.58 bits per heavy atom. The molecule has 2 rings (SSSR count). The maximum atomic E-state index is 13.1. The molecule has 0 spiro atoms. The van der Waals surface area contributed by atoms with E-state index in [1.54, 1.807) is 0 Å². The zero-order valence-electron chi connectivity index (χ0n) is 9.68. The molecule has 0 amide bonds. The van der Waals surface area contributed by atoms with Crippen molar-refractivity contribution >= 4 is 27.7 Å². The van der Waals surface area contributed by atoms with Crippen LogP contribution in [0.15, 0.2) is 22.7 Å². The summed E-state index contributed by atoms with van der Waals surface area (Å²) in [6.45, 7) is 0.768. The molecule has 102 valence electrons. The van der Waals surface area contributed by atoms with Gasteiger partial charge >= 0.3 is 12.1 Å². The van der Waals surface area contributed by atoms with Gasteiger partial charge in [-0.3, -0.25) is 4.79 Å². The number of benzene rings is 1. The van der Waals surface area contributed by atoms with Gasteiger partial charge in [0.25, 0.3) is 5.60 Å². The van der Waals surface area contributed by atoms with Crippen LogP contribution in [-0.4, -0.2) is 23.5 Å². The number of alkyl halides is 3. The van der Waals surface area contributed by atoms with E-state index in [2.05, 4.69) is 20.7 Å². The second kappa shape index (κ2) is 4.33. The van der Waals surface area contributed by atoms with Gasteiger partial charge in [0.2, 0.25) is 0 Å². The van der Waals surface area contributed by atoms with Crippen molar-refractivity contribution in [2.24, 2.45) is 0 Å². The number of hydrogen-bond acceptors (Lipinski definition) is 3. The highest BCUT2D eigenvalue weighted by Gasteiger charge is 2.63. The summed E-state index contributed by atoms with van der Waals surface area (Å²) in [6, 6.07) is 4.40. The van der Waals surface area contributed by atoms with Gasteiger partial charge in [-0.1, -0.05) is 12.1 Å². The number of ether oxygens (including phenoxy) is 1. The predicted octanol–water partition coefficient (Wildman–Crippen LogP) is 3.05.